The molecule has 0 aromatic heterocycles. The summed E-state index contributed by atoms with van der Waals surface area (Å²) in [4.78, 5) is 0. The van der Waals surface area contributed by atoms with Crippen molar-refractivity contribution in [1.82, 2.24) is 0 Å². The minimum Gasteiger partial charge on any atom is -0.507 e. The number of phenolic OH excluding ortho intramolecular Hbond substituents is 1. The molecule has 1 atom stereocenters. The molecule has 0 aliphatic rings. The van der Waals surface area contributed by atoms with Gasteiger partial charge in [-0.15, -0.1) is 0 Å². The normalized spacial score (nSPS) is 12.2. The van der Waals surface area contributed by atoms with Gasteiger partial charge in [0.15, 0.2) is 0 Å². The quantitative estimate of drug-likeness (QED) is 0.754. The van der Waals surface area contributed by atoms with Crippen LogP contribution in [0.25, 0.3) is 0 Å². The number of phenols is 1. The second kappa shape index (κ2) is 5.92. The van der Waals surface area contributed by atoms with Gasteiger partial charge in [-0.3, -0.25) is 0 Å². The zero-order chi connectivity index (χ0) is 14.0. The largest absolute Gasteiger partial charge is 0.507 e. The molecule has 0 fully saturated rings. The Morgan fingerprint density at radius 2 is 1.89 bits per heavy atom. The molecule has 0 heterocycles. The summed E-state index contributed by atoms with van der Waals surface area (Å²) in [5, 5.41) is 13.0. The molecule has 2 aromatic rings. The number of hydrogen-bond donors (Lipinski definition) is 2. The van der Waals surface area contributed by atoms with E-state index in [1.807, 2.05) is 25.1 Å². The Labute approximate surface area is 127 Å². The van der Waals surface area contributed by atoms with Crippen molar-refractivity contribution >= 4 is 37.5 Å². The molecule has 2 aromatic carbocycles. The maximum absolute atomic E-state index is 13.0. The second-order valence-corrected chi connectivity index (χ2v) is 5.96. The van der Waals surface area contributed by atoms with Gasteiger partial charge in [0.25, 0.3) is 0 Å². The third-order valence-electron chi connectivity index (χ3n) is 2.76. The molecular weight excluding hydrogens is 377 g/mol. The molecule has 2 N–H and O–H groups in total. The van der Waals surface area contributed by atoms with Gasteiger partial charge in [0.1, 0.15) is 11.6 Å². The second-order valence-electron chi connectivity index (χ2n) is 4.19. The van der Waals surface area contributed by atoms with Crippen LogP contribution in [0.2, 0.25) is 0 Å². The van der Waals surface area contributed by atoms with Crippen LogP contribution in [0, 0.1) is 5.82 Å². The highest BCUT2D eigenvalue weighted by Crippen LogP contribution is 2.32. The molecule has 0 radical (unpaired) electrons. The van der Waals surface area contributed by atoms with Crippen molar-refractivity contribution in [3.63, 3.8) is 0 Å². The highest BCUT2D eigenvalue weighted by molar-refractivity contribution is 9.11. The van der Waals surface area contributed by atoms with Crippen LogP contribution in [0.5, 0.6) is 5.75 Å². The fraction of sp³-hybridized carbons (Fsp3) is 0.143. The van der Waals surface area contributed by atoms with Gasteiger partial charge in [0.05, 0.1) is 6.04 Å². The summed E-state index contributed by atoms with van der Waals surface area (Å²) >= 11 is 6.85. The summed E-state index contributed by atoms with van der Waals surface area (Å²) in [6.07, 6.45) is 0. The lowest BCUT2D eigenvalue weighted by molar-refractivity contribution is 0.459. The van der Waals surface area contributed by atoms with E-state index in [1.165, 1.54) is 6.07 Å². The third-order valence-corrected chi connectivity index (χ3v) is 3.91. The molecule has 2 nitrogen and oxygen atoms in total. The summed E-state index contributed by atoms with van der Waals surface area (Å²) < 4.78 is 14.8. The van der Waals surface area contributed by atoms with E-state index >= 15 is 0 Å². The van der Waals surface area contributed by atoms with Crippen LogP contribution in [0.1, 0.15) is 18.5 Å². The SMILES string of the molecule is CC(Nc1ccc(Br)cc1Br)c1ccc(F)cc1O. The fourth-order valence-electron chi connectivity index (χ4n) is 1.80. The third kappa shape index (κ3) is 3.48. The predicted molar refractivity (Wildman–Crippen MR) is 81.9 cm³/mol. The highest BCUT2D eigenvalue weighted by atomic mass is 79.9. The number of rotatable bonds is 3. The molecule has 0 saturated heterocycles. The van der Waals surface area contributed by atoms with E-state index in [9.17, 15) is 9.50 Å². The molecule has 2 rings (SSSR count). The number of hydrogen-bond acceptors (Lipinski definition) is 2. The van der Waals surface area contributed by atoms with E-state index < -0.39 is 5.82 Å². The maximum atomic E-state index is 13.0. The Morgan fingerprint density at radius 3 is 2.53 bits per heavy atom. The van der Waals surface area contributed by atoms with E-state index in [0.29, 0.717) is 5.56 Å². The molecule has 0 saturated carbocycles. The van der Waals surface area contributed by atoms with Crippen molar-refractivity contribution in [2.24, 2.45) is 0 Å². The number of nitrogens with one attached hydrogen (secondary N) is 1. The summed E-state index contributed by atoms with van der Waals surface area (Å²) in [6, 6.07) is 9.66. The van der Waals surface area contributed by atoms with Crippen molar-refractivity contribution in [3.8, 4) is 5.75 Å². The van der Waals surface area contributed by atoms with E-state index in [4.69, 9.17) is 0 Å². The van der Waals surface area contributed by atoms with E-state index in [2.05, 4.69) is 37.2 Å². The monoisotopic (exact) mass is 387 g/mol. The zero-order valence-electron chi connectivity index (χ0n) is 10.1. The molecule has 0 aliphatic carbocycles. The molecule has 19 heavy (non-hydrogen) atoms. The van der Waals surface area contributed by atoms with Crippen LogP contribution in [0.3, 0.4) is 0 Å². The van der Waals surface area contributed by atoms with Gasteiger partial charge < -0.3 is 10.4 Å². The van der Waals surface area contributed by atoms with Crippen LogP contribution in [0.15, 0.2) is 45.3 Å². The van der Waals surface area contributed by atoms with Crippen molar-refractivity contribution in [1.29, 1.82) is 0 Å². The predicted octanol–water partition coefficient (Wildman–Crippen LogP) is 5.23. The summed E-state index contributed by atoms with van der Waals surface area (Å²) in [5.74, 6) is -0.494. The molecule has 100 valence electrons. The lowest BCUT2D eigenvalue weighted by Gasteiger charge is -2.18. The first-order chi connectivity index (χ1) is 8.97. The van der Waals surface area contributed by atoms with Gasteiger partial charge in [-0.05, 0) is 47.1 Å². The molecular formula is C14H12Br2FNO. The summed E-state index contributed by atoms with van der Waals surface area (Å²) in [5.41, 5.74) is 1.55. The van der Waals surface area contributed by atoms with E-state index in [0.717, 1.165) is 20.7 Å². The van der Waals surface area contributed by atoms with Crippen molar-refractivity contribution in [3.05, 3.63) is 56.7 Å². The molecule has 5 heteroatoms. The number of halogens is 3. The van der Waals surface area contributed by atoms with Gasteiger partial charge in [0, 0.05) is 26.3 Å². The smallest absolute Gasteiger partial charge is 0.126 e. The van der Waals surface area contributed by atoms with E-state index in [-0.39, 0.29) is 11.8 Å². The molecule has 0 aliphatic heterocycles. The van der Waals surface area contributed by atoms with Crippen LogP contribution in [-0.4, -0.2) is 5.11 Å². The van der Waals surface area contributed by atoms with Crippen LogP contribution in [-0.2, 0) is 0 Å². The Hall–Kier alpha value is -1.07. The average Bonchev–Trinajstić information content (AvgIpc) is 2.32. The minimum absolute atomic E-state index is 0.0479. The van der Waals surface area contributed by atoms with Gasteiger partial charge in [-0.25, -0.2) is 4.39 Å². The van der Waals surface area contributed by atoms with Gasteiger partial charge in [0.2, 0.25) is 0 Å². The van der Waals surface area contributed by atoms with Crippen molar-refractivity contribution in [2.45, 2.75) is 13.0 Å². The Balaban J connectivity index is 2.23. The first kappa shape index (κ1) is 14.3. The lowest BCUT2D eigenvalue weighted by Crippen LogP contribution is -2.07. The van der Waals surface area contributed by atoms with Crippen LogP contribution in [0.4, 0.5) is 10.1 Å². The molecule has 0 spiro atoms. The lowest BCUT2D eigenvalue weighted by atomic mass is 10.1. The standard InChI is InChI=1S/C14H12Br2FNO/c1-8(11-4-3-10(17)7-14(11)19)18-13-5-2-9(15)6-12(13)16/h2-8,18-19H,1H3. The highest BCUT2D eigenvalue weighted by Gasteiger charge is 2.12. The van der Waals surface area contributed by atoms with Gasteiger partial charge in [-0.1, -0.05) is 22.0 Å². The number of aromatic hydroxyl groups is 1. The molecule has 1 unspecified atom stereocenters. The molecule has 0 bridgehead atoms. The maximum Gasteiger partial charge on any atom is 0.126 e. The van der Waals surface area contributed by atoms with Crippen molar-refractivity contribution < 1.29 is 9.50 Å². The summed E-state index contributed by atoms with van der Waals surface area (Å²) in [6.45, 7) is 1.90. The number of benzene rings is 2. The Bertz CT molecular complexity index is 604. The zero-order valence-corrected chi connectivity index (χ0v) is 13.3. The Kier molecular flexibility index (Phi) is 4.47. The Morgan fingerprint density at radius 1 is 1.16 bits per heavy atom. The van der Waals surface area contributed by atoms with E-state index in [1.54, 1.807) is 6.07 Å². The van der Waals surface area contributed by atoms with Crippen LogP contribution >= 0.6 is 31.9 Å². The summed E-state index contributed by atoms with van der Waals surface area (Å²) in [7, 11) is 0. The fourth-order valence-corrected chi connectivity index (χ4v) is 2.96. The average molecular weight is 389 g/mol. The first-order valence-electron chi connectivity index (χ1n) is 5.67. The van der Waals surface area contributed by atoms with Crippen LogP contribution < -0.4 is 5.32 Å². The first-order valence-corrected chi connectivity index (χ1v) is 7.26. The van der Waals surface area contributed by atoms with Gasteiger partial charge >= 0.3 is 0 Å². The van der Waals surface area contributed by atoms with Gasteiger partial charge in [-0.2, -0.15) is 0 Å². The molecule has 0 amide bonds. The topological polar surface area (TPSA) is 32.3 Å². The number of anilines is 1. The minimum atomic E-state index is -0.446. The van der Waals surface area contributed by atoms with Crippen molar-refractivity contribution in [2.75, 3.05) is 5.32 Å².